The molecule has 0 aromatic heterocycles. The van der Waals surface area contributed by atoms with Gasteiger partial charge in [0.05, 0.1) is 12.0 Å². The summed E-state index contributed by atoms with van der Waals surface area (Å²) in [6.07, 6.45) is 1.72. The summed E-state index contributed by atoms with van der Waals surface area (Å²) >= 11 is 0. The third-order valence-corrected chi connectivity index (χ3v) is 5.67. The van der Waals surface area contributed by atoms with Crippen LogP contribution in [0.25, 0.3) is 0 Å². The van der Waals surface area contributed by atoms with Crippen molar-refractivity contribution >= 4 is 5.78 Å². The molecule has 170 valence electrons. The fourth-order valence-electron chi connectivity index (χ4n) is 3.88. The minimum Gasteiger partial charge on any atom is -0.508 e. The molecule has 0 amide bonds. The Morgan fingerprint density at radius 3 is 2.28 bits per heavy atom. The molecule has 1 heterocycles. The maximum atomic E-state index is 12.9. The Hall–Kier alpha value is -3.61. The number of carbonyl (C=O) groups is 1. The fraction of sp³-hybridized carbons (Fsp3) is 0.320. The first-order valence-corrected chi connectivity index (χ1v) is 10.3. The molecule has 5 N–H and O–H groups in total. The van der Waals surface area contributed by atoms with Crippen LogP contribution < -0.4 is 4.74 Å². The summed E-state index contributed by atoms with van der Waals surface area (Å²) in [5, 5.41) is 51.2. The van der Waals surface area contributed by atoms with Gasteiger partial charge in [-0.2, -0.15) is 0 Å². The Morgan fingerprint density at radius 2 is 1.72 bits per heavy atom. The molecular formula is C25H28O7. The Labute approximate surface area is 186 Å². The van der Waals surface area contributed by atoms with Crippen molar-refractivity contribution in [2.45, 2.75) is 46.1 Å². The number of benzene rings is 2. The third-order valence-electron chi connectivity index (χ3n) is 5.67. The van der Waals surface area contributed by atoms with Gasteiger partial charge in [0.25, 0.3) is 0 Å². The summed E-state index contributed by atoms with van der Waals surface area (Å²) in [6.45, 7) is 9.86. The maximum absolute atomic E-state index is 12.9. The molecule has 3 rings (SSSR count). The minimum absolute atomic E-state index is 0.0435. The monoisotopic (exact) mass is 440 g/mol. The summed E-state index contributed by atoms with van der Waals surface area (Å²) < 4.78 is 5.77. The molecule has 2 aromatic rings. The highest BCUT2D eigenvalue weighted by atomic mass is 16.5. The van der Waals surface area contributed by atoms with Crippen molar-refractivity contribution in [2.24, 2.45) is 5.92 Å². The van der Waals surface area contributed by atoms with E-state index in [1.807, 2.05) is 20.8 Å². The Morgan fingerprint density at radius 1 is 1.09 bits per heavy atom. The van der Waals surface area contributed by atoms with Crippen molar-refractivity contribution in [1.29, 1.82) is 0 Å². The number of ether oxygens (including phenoxy) is 1. The summed E-state index contributed by atoms with van der Waals surface area (Å²) in [5.41, 5.74) is 2.17. The lowest BCUT2D eigenvalue weighted by molar-refractivity contribution is 0.0838. The number of hydrogen-bond acceptors (Lipinski definition) is 7. The van der Waals surface area contributed by atoms with E-state index >= 15 is 0 Å². The van der Waals surface area contributed by atoms with Crippen molar-refractivity contribution in [3.05, 3.63) is 58.7 Å². The summed E-state index contributed by atoms with van der Waals surface area (Å²) in [6, 6.07) is 3.32. The molecule has 0 spiro atoms. The molecule has 2 atom stereocenters. The second-order valence-corrected chi connectivity index (χ2v) is 8.49. The van der Waals surface area contributed by atoms with Crippen molar-refractivity contribution in [3.8, 4) is 34.5 Å². The number of rotatable bonds is 6. The average Bonchev–Trinajstić information content (AvgIpc) is 2.65. The van der Waals surface area contributed by atoms with Crippen molar-refractivity contribution < 1.29 is 35.1 Å². The van der Waals surface area contributed by atoms with Crippen LogP contribution in [0.2, 0.25) is 0 Å². The molecule has 0 saturated carbocycles. The van der Waals surface area contributed by atoms with Gasteiger partial charge in [-0.15, -0.1) is 0 Å². The van der Waals surface area contributed by atoms with Crippen molar-refractivity contribution in [1.82, 2.24) is 0 Å². The van der Waals surface area contributed by atoms with Crippen LogP contribution in [-0.4, -0.2) is 31.3 Å². The number of carbonyl (C=O) groups excluding carboxylic acids is 1. The molecule has 0 aliphatic carbocycles. The first kappa shape index (κ1) is 23.1. The Balaban J connectivity index is 1.98. The van der Waals surface area contributed by atoms with E-state index in [4.69, 9.17) is 4.74 Å². The standard InChI is InChI=1S/C25H28O7/c1-12(2)5-6-14(13(3)4)7-16-17(27)10-22-24(25(16)31)20(30)11-21(32-22)23-18(28)8-15(26)9-19(23)29/h5,8-10,14,21,26-29,31H,3,6-7,11H2,1-2,4H3/t14-,21-/m1/s1. The van der Waals surface area contributed by atoms with Crippen molar-refractivity contribution in [3.63, 3.8) is 0 Å². The number of allylic oxidation sites excluding steroid dienone is 3. The number of aromatic hydroxyl groups is 5. The molecule has 0 bridgehead atoms. The molecule has 2 aromatic carbocycles. The number of ketones is 1. The van der Waals surface area contributed by atoms with Gasteiger partial charge in [0.1, 0.15) is 46.2 Å². The molecule has 1 aliphatic rings. The van der Waals surface area contributed by atoms with E-state index in [0.717, 1.165) is 23.3 Å². The van der Waals surface area contributed by atoms with Gasteiger partial charge in [0.15, 0.2) is 5.78 Å². The van der Waals surface area contributed by atoms with Gasteiger partial charge in [-0.1, -0.05) is 23.8 Å². The molecule has 1 aliphatic heterocycles. The van der Waals surface area contributed by atoms with Gasteiger partial charge in [-0.25, -0.2) is 0 Å². The van der Waals surface area contributed by atoms with Gasteiger partial charge in [0, 0.05) is 23.8 Å². The van der Waals surface area contributed by atoms with E-state index in [-0.39, 0.29) is 52.0 Å². The van der Waals surface area contributed by atoms with Gasteiger partial charge in [-0.3, -0.25) is 4.79 Å². The first-order valence-electron chi connectivity index (χ1n) is 10.3. The fourth-order valence-corrected chi connectivity index (χ4v) is 3.88. The lowest BCUT2D eigenvalue weighted by Crippen LogP contribution is -2.21. The van der Waals surface area contributed by atoms with E-state index in [0.29, 0.717) is 12.8 Å². The second kappa shape index (κ2) is 8.86. The number of phenolic OH excluding ortho intramolecular Hbond substituents is 5. The van der Waals surface area contributed by atoms with Gasteiger partial charge in [0.2, 0.25) is 0 Å². The number of phenols is 5. The predicted octanol–water partition coefficient (Wildman–Crippen LogP) is 5.01. The maximum Gasteiger partial charge on any atom is 0.174 e. The minimum atomic E-state index is -1.05. The van der Waals surface area contributed by atoms with E-state index in [2.05, 4.69) is 12.7 Å². The summed E-state index contributed by atoms with van der Waals surface area (Å²) in [7, 11) is 0. The smallest absolute Gasteiger partial charge is 0.174 e. The van der Waals surface area contributed by atoms with Gasteiger partial charge >= 0.3 is 0 Å². The van der Waals surface area contributed by atoms with Gasteiger partial charge < -0.3 is 30.3 Å². The number of Topliss-reactive ketones (excluding diaryl/α,β-unsaturated/α-hetero) is 1. The van der Waals surface area contributed by atoms with Crippen LogP contribution in [0.15, 0.2) is 42.0 Å². The highest BCUT2D eigenvalue weighted by molar-refractivity contribution is 6.03. The molecule has 0 saturated heterocycles. The van der Waals surface area contributed by atoms with E-state index in [9.17, 15) is 30.3 Å². The molecule has 7 nitrogen and oxygen atoms in total. The van der Waals surface area contributed by atoms with E-state index in [1.165, 1.54) is 6.07 Å². The Bertz CT molecular complexity index is 1090. The molecule has 0 fully saturated rings. The Kier molecular flexibility index (Phi) is 6.39. The van der Waals surface area contributed by atoms with Gasteiger partial charge in [-0.05, 0) is 39.5 Å². The zero-order valence-electron chi connectivity index (χ0n) is 18.3. The van der Waals surface area contributed by atoms with Crippen LogP contribution in [0.4, 0.5) is 0 Å². The topological polar surface area (TPSA) is 127 Å². The summed E-state index contributed by atoms with van der Waals surface area (Å²) in [5.74, 6) is -2.33. The van der Waals surface area contributed by atoms with Crippen LogP contribution >= 0.6 is 0 Å². The van der Waals surface area contributed by atoms with Crippen LogP contribution in [0.3, 0.4) is 0 Å². The highest BCUT2D eigenvalue weighted by Gasteiger charge is 2.35. The number of hydrogen-bond donors (Lipinski definition) is 5. The van der Waals surface area contributed by atoms with Crippen LogP contribution in [0, 0.1) is 5.92 Å². The first-order chi connectivity index (χ1) is 15.0. The number of fused-ring (bicyclic) bond motifs is 1. The predicted molar refractivity (Wildman–Crippen MR) is 120 cm³/mol. The molecule has 0 unspecified atom stereocenters. The SMILES string of the molecule is C=C(C)[C@H](CC=C(C)C)Cc1c(O)cc2c(c1O)C(=O)C[C@H](c1c(O)cc(O)cc1O)O2. The average molecular weight is 440 g/mol. The summed E-state index contributed by atoms with van der Waals surface area (Å²) in [4.78, 5) is 12.9. The zero-order valence-corrected chi connectivity index (χ0v) is 18.3. The highest BCUT2D eigenvalue weighted by Crippen LogP contribution is 2.48. The molecule has 7 heteroatoms. The second-order valence-electron chi connectivity index (χ2n) is 8.49. The molecule has 0 radical (unpaired) electrons. The normalized spacial score (nSPS) is 16.1. The molecular weight excluding hydrogens is 412 g/mol. The van der Waals surface area contributed by atoms with Crippen LogP contribution in [0.5, 0.6) is 34.5 Å². The zero-order chi connectivity index (χ0) is 23.7. The van der Waals surface area contributed by atoms with Crippen LogP contribution in [-0.2, 0) is 6.42 Å². The lowest BCUT2D eigenvalue weighted by Gasteiger charge is -2.28. The lowest BCUT2D eigenvalue weighted by atomic mass is 9.86. The van der Waals surface area contributed by atoms with E-state index in [1.54, 1.807) is 0 Å². The quantitative estimate of drug-likeness (QED) is 0.399. The van der Waals surface area contributed by atoms with E-state index < -0.39 is 23.4 Å². The largest absolute Gasteiger partial charge is 0.508 e. The van der Waals surface area contributed by atoms with Crippen molar-refractivity contribution in [2.75, 3.05) is 0 Å². The third kappa shape index (κ3) is 4.51. The molecule has 32 heavy (non-hydrogen) atoms. The van der Waals surface area contributed by atoms with Crippen LogP contribution in [0.1, 0.15) is 61.2 Å².